The molecule has 1 saturated heterocycles. The lowest BCUT2D eigenvalue weighted by atomic mass is 9.85. The van der Waals surface area contributed by atoms with Crippen molar-refractivity contribution in [3.8, 4) is 0 Å². The summed E-state index contributed by atoms with van der Waals surface area (Å²) >= 11 is 0. The minimum Gasteiger partial charge on any atom is -0.356 e. The van der Waals surface area contributed by atoms with Crippen molar-refractivity contribution in [2.24, 2.45) is 0 Å². The van der Waals surface area contributed by atoms with E-state index in [1.165, 1.54) is 0 Å². The lowest BCUT2D eigenvalue weighted by molar-refractivity contribution is -0.134. The minimum absolute atomic E-state index is 0.00746. The van der Waals surface area contributed by atoms with Crippen LogP contribution < -0.4 is 5.32 Å². The lowest BCUT2D eigenvalue weighted by Gasteiger charge is -2.20. The van der Waals surface area contributed by atoms with Crippen LogP contribution in [0.5, 0.6) is 0 Å². The third-order valence-corrected chi connectivity index (χ3v) is 3.93. The number of fused-ring (bicyclic) bond motifs is 1. The summed E-state index contributed by atoms with van der Waals surface area (Å²) in [5, 5.41) is 7.30. The van der Waals surface area contributed by atoms with Gasteiger partial charge in [0.1, 0.15) is 5.69 Å². The van der Waals surface area contributed by atoms with Gasteiger partial charge in [-0.15, -0.1) is 0 Å². The summed E-state index contributed by atoms with van der Waals surface area (Å²) in [6.07, 6.45) is 0.815. The maximum absolute atomic E-state index is 12.0. The van der Waals surface area contributed by atoms with Crippen molar-refractivity contribution in [2.75, 3.05) is 0 Å². The molecule has 0 bridgehead atoms. The molecule has 2 amide bonds. The maximum atomic E-state index is 12.0. The number of carbonyl (C=O) groups is 2. The Morgan fingerprint density at radius 2 is 2.05 bits per heavy atom. The summed E-state index contributed by atoms with van der Waals surface area (Å²) in [4.78, 5) is 23.3. The molecular formula is C16H18N2O3. The molecule has 1 N–H and O–H groups in total. The summed E-state index contributed by atoms with van der Waals surface area (Å²) in [6.45, 7) is 6.40. The molecule has 110 valence electrons. The molecule has 0 aliphatic carbocycles. The zero-order valence-corrected chi connectivity index (χ0v) is 12.4. The highest BCUT2D eigenvalue weighted by Gasteiger charge is 2.32. The van der Waals surface area contributed by atoms with Crippen molar-refractivity contribution in [3.05, 3.63) is 29.5 Å². The number of aromatic nitrogens is 1. The molecule has 1 fully saturated rings. The number of hydrogen-bond donors (Lipinski definition) is 1. The minimum atomic E-state index is -0.417. The molecule has 0 spiro atoms. The standard InChI is InChI=1S/C16H18N2O3/c1-16(2,3)9-4-6-12-11(8-9)14(18-21-12)10-5-7-13(19)17-15(10)20/h4,6,8,10H,5,7H2,1-3H3,(H,17,19,20). The largest absolute Gasteiger partial charge is 0.356 e. The van der Waals surface area contributed by atoms with Crippen molar-refractivity contribution < 1.29 is 14.1 Å². The summed E-state index contributed by atoms with van der Waals surface area (Å²) in [7, 11) is 0. The molecular weight excluding hydrogens is 268 g/mol. The number of carbonyl (C=O) groups excluding carboxylic acids is 2. The van der Waals surface area contributed by atoms with Crippen LogP contribution in [0.25, 0.3) is 11.0 Å². The zero-order valence-electron chi connectivity index (χ0n) is 12.4. The average Bonchev–Trinajstić information content (AvgIpc) is 2.80. The fourth-order valence-corrected chi connectivity index (χ4v) is 2.63. The van der Waals surface area contributed by atoms with Crippen LogP contribution >= 0.6 is 0 Å². The Bertz CT molecular complexity index is 725. The smallest absolute Gasteiger partial charge is 0.235 e. The van der Waals surface area contributed by atoms with Crippen molar-refractivity contribution in [1.82, 2.24) is 10.5 Å². The van der Waals surface area contributed by atoms with Gasteiger partial charge < -0.3 is 4.52 Å². The van der Waals surface area contributed by atoms with Crippen LogP contribution in [0.2, 0.25) is 0 Å². The second-order valence-corrected chi connectivity index (χ2v) is 6.53. The number of piperidine rings is 1. The number of benzene rings is 1. The SMILES string of the molecule is CC(C)(C)c1ccc2onc(C3CCC(=O)NC3=O)c2c1. The van der Waals surface area contributed by atoms with Crippen LogP contribution in [-0.2, 0) is 15.0 Å². The van der Waals surface area contributed by atoms with E-state index in [0.29, 0.717) is 24.1 Å². The van der Waals surface area contributed by atoms with Crippen LogP contribution in [0, 0.1) is 0 Å². The predicted octanol–water partition coefficient (Wildman–Crippen LogP) is 2.65. The van der Waals surface area contributed by atoms with Crippen LogP contribution in [0.3, 0.4) is 0 Å². The number of amides is 2. The normalized spacial score (nSPS) is 19.9. The number of hydrogen-bond acceptors (Lipinski definition) is 4. The summed E-state index contributed by atoms with van der Waals surface area (Å²) in [5.41, 5.74) is 2.46. The highest BCUT2D eigenvalue weighted by atomic mass is 16.5. The van der Waals surface area contributed by atoms with Gasteiger partial charge in [0, 0.05) is 11.8 Å². The van der Waals surface area contributed by atoms with Gasteiger partial charge in [-0.25, -0.2) is 0 Å². The fourth-order valence-electron chi connectivity index (χ4n) is 2.63. The number of rotatable bonds is 1. The summed E-state index contributed by atoms with van der Waals surface area (Å²) < 4.78 is 5.33. The highest BCUT2D eigenvalue weighted by molar-refractivity contribution is 6.02. The Morgan fingerprint density at radius 1 is 1.29 bits per heavy atom. The van der Waals surface area contributed by atoms with Gasteiger partial charge in [0.05, 0.1) is 5.92 Å². The second-order valence-electron chi connectivity index (χ2n) is 6.53. The molecule has 0 saturated carbocycles. The Hall–Kier alpha value is -2.17. The van der Waals surface area contributed by atoms with Gasteiger partial charge in [-0.3, -0.25) is 14.9 Å². The van der Waals surface area contributed by atoms with Crippen molar-refractivity contribution >= 4 is 22.8 Å². The first-order valence-corrected chi connectivity index (χ1v) is 7.10. The predicted molar refractivity (Wildman–Crippen MR) is 77.8 cm³/mol. The number of nitrogens with one attached hydrogen (secondary N) is 1. The Kier molecular flexibility index (Phi) is 3.08. The van der Waals surface area contributed by atoms with Gasteiger partial charge >= 0.3 is 0 Å². The molecule has 1 aromatic carbocycles. The van der Waals surface area contributed by atoms with Crippen LogP contribution in [-0.4, -0.2) is 17.0 Å². The van der Waals surface area contributed by atoms with Crippen LogP contribution in [0.1, 0.15) is 50.8 Å². The lowest BCUT2D eigenvalue weighted by Crippen LogP contribution is -2.39. The van der Waals surface area contributed by atoms with Gasteiger partial charge in [-0.2, -0.15) is 0 Å². The average molecular weight is 286 g/mol. The second kappa shape index (κ2) is 4.69. The van der Waals surface area contributed by atoms with E-state index in [0.717, 1.165) is 10.9 Å². The van der Waals surface area contributed by atoms with E-state index in [1.807, 2.05) is 18.2 Å². The van der Waals surface area contributed by atoms with E-state index in [-0.39, 0.29) is 17.2 Å². The molecule has 0 radical (unpaired) electrons. The monoisotopic (exact) mass is 286 g/mol. The van der Waals surface area contributed by atoms with Gasteiger partial charge in [0.25, 0.3) is 0 Å². The molecule has 3 rings (SSSR count). The van der Waals surface area contributed by atoms with Gasteiger partial charge in [-0.1, -0.05) is 32.0 Å². The molecule has 2 aromatic rings. The Balaban J connectivity index is 2.07. The third kappa shape index (κ3) is 2.44. The first kappa shape index (κ1) is 13.8. The molecule has 1 aliphatic rings. The maximum Gasteiger partial charge on any atom is 0.235 e. The molecule has 2 heterocycles. The van der Waals surface area contributed by atoms with E-state index in [4.69, 9.17) is 4.52 Å². The fraction of sp³-hybridized carbons (Fsp3) is 0.438. The molecule has 1 aliphatic heterocycles. The topological polar surface area (TPSA) is 72.2 Å². The van der Waals surface area contributed by atoms with Gasteiger partial charge in [-0.05, 0) is 29.5 Å². The van der Waals surface area contributed by atoms with E-state index in [2.05, 4.69) is 31.2 Å². The van der Waals surface area contributed by atoms with Crippen LogP contribution in [0.4, 0.5) is 0 Å². The van der Waals surface area contributed by atoms with E-state index in [9.17, 15) is 9.59 Å². The first-order valence-electron chi connectivity index (χ1n) is 7.10. The summed E-state index contributed by atoms with van der Waals surface area (Å²) in [6, 6.07) is 5.94. The van der Waals surface area contributed by atoms with Crippen molar-refractivity contribution in [1.29, 1.82) is 0 Å². The molecule has 1 aromatic heterocycles. The molecule has 1 atom stereocenters. The quantitative estimate of drug-likeness (QED) is 0.818. The van der Waals surface area contributed by atoms with E-state index < -0.39 is 5.92 Å². The Labute approximate surface area is 122 Å². The number of nitrogens with zero attached hydrogens (tertiary/aromatic N) is 1. The van der Waals surface area contributed by atoms with E-state index in [1.54, 1.807) is 0 Å². The summed E-state index contributed by atoms with van der Waals surface area (Å²) in [5.74, 6) is -0.929. The zero-order chi connectivity index (χ0) is 15.2. The van der Waals surface area contributed by atoms with E-state index >= 15 is 0 Å². The molecule has 21 heavy (non-hydrogen) atoms. The van der Waals surface area contributed by atoms with Gasteiger partial charge in [0.2, 0.25) is 11.8 Å². The molecule has 5 nitrogen and oxygen atoms in total. The Morgan fingerprint density at radius 3 is 2.71 bits per heavy atom. The van der Waals surface area contributed by atoms with Gasteiger partial charge in [0.15, 0.2) is 5.58 Å². The molecule has 5 heteroatoms. The third-order valence-electron chi connectivity index (χ3n) is 3.93. The first-order chi connectivity index (χ1) is 9.86. The van der Waals surface area contributed by atoms with Crippen molar-refractivity contribution in [2.45, 2.75) is 44.9 Å². The van der Waals surface area contributed by atoms with Crippen molar-refractivity contribution in [3.63, 3.8) is 0 Å². The van der Waals surface area contributed by atoms with Crippen LogP contribution in [0.15, 0.2) is 22.7 Å². The number of imide groups is 1. The molecule has 1 unspecified atom stereocenters. The highest BCUT2D eigenvalue weighted by Crippen LogP contribution is 2.33.